The smallest absolute Gasteiger partial charge is 0.306 e. The average Bonchev–Trinajstić information content (AvgIpc) is 3.29. The number of unbranched alkanes of at least 4 members (excludes halogenated alkanes) is 26. The van der Waals surface area contributed by atoms with E-state index >= 15 is 0 Å². The molecule has 8 heteroatoms. The van der Waals surface area contributed by atoms with Gasteiger partial charge in [-0.3, -0.25) is 9.59 Å². The Labute approximate surface area is 413 Å². The lowest BCUT2D eigenvalue weighted by molar-refractivity contribution is -0.889. The second-order valence-electron chi connectivity index (χ2n) is 19.8. The Hall–Kier alpha value is -2.97. The number of esters is 2. The first-order valence-electron chi connectivity index (χ1n) is 27.8. The summed E-state index contributed by atoms with van der Waals surface area (Å²) in [5.74, 6) is -1.74. The fourth-order valence-corrected chi connectivity index (χ4v) is 8.12. The van der Waals surface area contributed by atoms with Crippen molar-refractivity contribution in [3.05, 3.63) is 60.8 Å². The minimum absolute atomic E-state index is 0.0356. The topological polar surface area (TPSA) is 102 Å². The third-order valence-electron chi connectivity index (χ3n) is 12.4. The van der Waals surface area contributed by atoms with Gasteiger partial charge in [-0.15, -0.1) is 0 Å². The molecule has 0 spiro atoms. The van der Waals surface area contributed by atoms with Gasteiger partial charge in [-0.2, -0.15) is 0 Å². The van der Waals surface area contributed by atoms with Gasteiger partial charge in [0.05, 0.1) is 40.3 Å². The fraction of sp³-hybridized carbons (Fsp3) is 0.780. The molecular weight excluding hydrogens is 835 g/mol. The van der Waals surface area contributed by atoms with E-state index in [-0.39, 0.29) is 42.7 Å². The van der Waals surface area contributed by atoms with Crippen molar-refractivity contribution < 1.29 is 38.2 Å². The summed E-state index contributed by atoms with van der Waals surface area (Å²) >= 11 is 0. The van der Waals surface area contributed by atoms with E-state index < -0.39 is 18.1 Å². The van der Waals surface area contributed by atoms with Crippen molar-refractivity contribution in [1.29, 1.82) is 0 Å². The molecule has 0 aliphatic heterocycles. The monoisotopic (exact) mass is 940 g/mol. The Morgan fingerprint density at radius 2 is 0.836 bits per heavy atom. The molecule has 0 fully saturated rings. The molecule has 0 aliphatic carbocycles. The third-order valence-corrected chi connectivity index (χ3v) is 12.4. The normalized spacial score (nSPS) is 13.3. The van der Waals surface area contributed by atoms with Gasteiger partial charge in [-0.1, -0.05) is 209 Å². The average molecular weight is 940 g/mol. The van der Waals surface area contributed by atoms with E-state index in [0.29, 0.717) is 12.8 Å². The van der Waals surface area contributed by atoms with E-state index in [2.05, 4.69) is 74.6 Å². The second kappa shape index (κ2) is 49.5. The van der Waals surface area contributed by atoms with Gasteiger partial charge in [0.25, 0.3) is 0 Å². The molecule has 67 heavy (non-hydrogen) atoms. The number of carboxylic acids is 1. The number of carbonyl (C=O) groups is 3. The quantitative estimate of drug-likeness (QED) is 0.0259. The van der Waals surface area contributed by atoms with Crippen LogP contribution in [-0.4, -0.2) is 75.5 Å². The van der Waals surface area contributed by atoms with Gasteiger partial charge in [-0.25, -0.2) is 0 Å². The van der Waals surface area contributed by atoms with E-state index in [1.165, 1.54) is 141 Å². The van der Waals surface area contributed by atoms with Gasteiger partial charge in [0.2, 0.25) is 0 Å². The van der Waals surface area contributed by atoms with Crippen LogP contribution in [0.15, 0.2) is 60.8 Å². The summed E-state index contributed by atoms with van der Waals surface area (Å²) in [6.07, 6.45) is 62.6. The van der Waals surface area contributed by atoms with Crippen molar-refractivity contribution in [2.45, 2.75) is 257 Å². The molecule has 0 aliphatic rings. The Morgan fingerprint density at radius 3 is 1.24 bits per heavy atom. The Balaban J connectivity index is 4.21. The van der Waals surface area contributed by atoms with Crippen LogP contribution in [0.3, 0.4) is 0 Å². The molecule has 0 N–H and O–H groups in total. The summed E-state index contributed by atoms with van der Waals surface area (Å²) in [6.45, 7) is 4.57. The summed E-state index contributed by atoms with van der Waals surface area (Å²) in [5, 5.41) is 11.7. The number of hydrogen-bond acceptors (Lipinski definition) is 7. The highest BCUT2D eigenvalue weighted by atomic mass is 16.6. The van der Waals surface area contributed by atoms with Gasteiger partial charge >= 0.3 is 11.9 Å². The van der Waals surface area contributed by atoms with Gasteiger partial charge in [0.15, 0.2) is 6.10 Å². The van der Waals surface area contributed by atoms with Crippen molar-refractivity contribution >= 4 is 17.9 Å². The minimum Gasteiger partial charge on any atom is -0.544 e. The number of quaternary nitrogens is 1. The van der Waals surface area contributed by atoms with Crippen LogP contribution in [0.1, 0.15) is 245 Å². The first kappa shape index (κ1) is 64.0. The van der Waals surface area contributed by atoms with Crippen molar-refractivity contribution in [3.8, 4) is 0 Å². The van der Waals surface area contributed by atoms with E-state index in [1.807, 2.05) is 0 Å². The SMILES string of the molecule is CC/C=C/C/C=C/C/C=C/CCCCCCCCCCCCC(=O)OC(COCCC(C(=O)[O-])[N+](C)(C)C)COC(=O)CCCCCCCCC/C=C/C/C=C/CCCCCCCCCCC. The number of ether oxygens (including phenoxy) is 3. The van der Waals surface area contributed by atoms with Crippen LogP contribution in [0.2, 0.25) is 0 Å². The number of likely N-dealkylation sites (N-methyl/N-ethyl adjacent to an activating group) is 1. The zero-order valence-electron chi connectivity index (χ0n) is 44.3. The summed E-state index contributed by atoms with van der Waals surface area (Å²) < 4.78 is 17.3. The Bertz CT molecular complexity index is 1280. The van der Waals surface area contributed by atoms with Crippen LogP contribution in [0.25, 0.3) is 0 Å². The third kappa shape index (κ3) is 47.9. The summed E-state index contributed by atoms with van der Waals surface area (Å²) in [5.41, 5.74) is 0. The van der Waals surface area contributed by atoms with Crippen LogP contribution in [0.5, 0.6) is 0 Å². The lowest BCUT2D eigenvalue weighted by atomic mass is 10.0. The first-order chi connectivity index (χ1) is 32.6. The molecule has 2 atom stereocenters. The summed E-state index contributed by atoms with van der Waals surface area (Å²) in [6, 6.07) is -0.730. The molecule has 0 radical (unpaired) electrons. The fourth-order valence-electron chi connectivity index (χ4n) is 8.12. The van der Waals surface area contributed by atoms with Gasteiger partial charge in [-0.05, 0) is 77.0 Å². The van der Waals surface area contributed by atoms with Crippen LogP contribution in [0, 0.1) is 0 Å². The van der Waals surface area contributed by atoms with Crippen LogP contribution in [0.4, 0.5) is 0 Å². The van der Waals surface area contributed by atoms with Crippen molar-refractivity contribution in [3.63, 3.8) is 0 Å². The zero-order chi connectivity index (χ0) is 49.2. The maximum absolute atomic E-state index is 12.8. The molecule has 0 saturated heterocycles. The number of rotatable bonds is 50. The van der Waals surface area contributed by atoms with E-state index in [1.54, 1.807) is 21.1 Å². The lowest BCUT2D eigenvalue weighted by Gasteiger charge is -2.34. The van der Waals surface area contributed by atoms with E-state index in [4.69, 9.17) is 14.2 Å². The number of nitrogens with zero attached hydrogens (tertiary/aromatic N) is 1. The van der Waals surface area contributed by atoms with Gasteiger partial charge in [0, 0.05) is 19.3 Å². The van der Waals surface area contributed by atoms with Gasteiger partial charge in [0.1, 0.15) is 12.6 Å². The van der Waals surface area contributed by atoms with Crippen LogP contribution >= 0.6 is 0 Å². The molecular formula is C59H105NO7. The molecule has 0 aromatic rings. The molecule has 0 amide bonds. The molecule has 0 saturated carbocycles. The molecule has 0 rings (SSSR count). The maximum Gasteiger partial charge on any atom is 0.306 e. The molecule has 388 valence electrons. The predicted octanol–water partition coefficient (Wildman–Crippen LogP) is 15.1. The van der Waals surface area contributed by atoms with E-state index in [9.17, 15) is 19.5 Å². The van der Waals surface area contributed by atoms with Crippen LogP contribution in [-0.2, 0) is 28.6 Å². The number of carboxylic acid groups (broad SMARTS) is 1. The van der Waals surface area contributed by atoms with Crippen LogP contribution < -0.4 is 5.11 Å². The molecule has 2 unspecified atom stereocenters. The number of aliphatic carboxylic acids is 1. The first-order valence-corrected chi connectivity index (χ1v) is 27.8. The zero-order valence-corrected chi connectivity index (χ0v) is 44.3. The summed E-state index contributed by atoms with van der Waals surface area (Å²) in [7, 11) is 5.42. The number of hydrogen-bond donors (Lipinski definition) is 0. The highest BCUT2D eigenvalue weighted by molar-refractivity contribution is 5.70. The molecule has 0 heterocycles. The summed E-state index contributed by atoms with van der Waals surface area (Å²) in [4.78, 5) is 37.1. The Morgan fingerprint density at radius 1 is 0.463 bits per heavy atom. The Kier molecular flexibility index (Phi) is 47.3. The van der Waals surface area contributed by atoms with E-state index in [0.717, 1.165) is 70.6 Å². The number of carbonyl (C=O) groups excluding carboxylic acids is 3. The molecule has 0 aromatic heterocycles. The standard InChI is InChI=1S/C59H105NO7/c1-6-8-10-12-14-16-18-20-22-24-26-28-29-30-32-33-35-37-39-41-43-45-47-49-57(61)66-54-55(53-65-52-51-56(59(63)64)60(3,4)5)67-58(62)50-48-46-44-42-40-38-36-34-31-27-25-23-21-19-17-15-13-11-9-7-2/h9,11,15,17,21,23,26,28,30,32,55-56H,6-8,10,12-14,16,18-20,22,24-25,27,29,31,33-54H2,1-5H3/b11-9+,17-15+,23-21+,28-26+,32-30+. The van der Waals surface area contributed by atoms with Gasteiger partial charge < -0.3 is 28.6 Å². The predicted molar refractivity (Wildman–Crippen MR) is 282 cm³/mol. The largest absolute Gasteiger partial charge is 0.544 e. The van der Waals surface area contributed by atoms with Crippen molar-refractivity contribution in [2.24, 2.45) is 0 Å². The molecule has 0 aromatic carbocycles. The van der Waals surface area contributed by atoms with Crippen molar-refractivity contribution in [1.82, 2.24) is 0 Å². The number of allylic oxidation sites excluding steroid dienone is 10. The lowest BCUT2D eigenvalue weighted by Crippen LogP contribution is -2.55. The molecule has 0 bridgehead atoms. The maximum atomic E-state index is 12.8. The highest BCUT2D eigenvalue weighted by Crippen LogP contribution is 2.15. The minimum atomic E-state index is -1.13. The second-order valence-corrected chi connectivity index (χ2v) is 19.8. The van der Waals surface area contributed by atoms with Crippen molar-refractivity contribution in [2.75, 3.05) is 41.0 Å². The highest BCUT2D eigenvalue weighted by Gasteiger charge is 2.25. The molecule has 8 nitrogen and oxygen atoms in total.